The number of rotatable bonds is 9. The number of thiophene rings is 1. The summed E-state index contributed by atoms with van der Waals surface area (Å²) in [4.78, 5) is 27.0. The number of aromatic amines is 1. The molecule has 2 heterocycles. The van der Waals surface area contributed by atoms with Crippen LogP contribution in [-0.2, 0) is 17.6 Å². The van der Waals surface area contributed by atoms with Crippen molar-refractivity contribution in [2.24, 2.45) is 0 Å². The molecule has 0 bridgehead atoms. The van der Waals surface area contributed by atoms with Crippen LogP contribution in [0.5, 0.6) is 5.75 Å². The van der Waals surface area contributed by atoms with Gasteiger partial charge in [-0.05, 0) is 68.9 Å². The zero-order valence-corrected chi connectivity index (χ0v) is 19.6. The third kappa shape index (κ3) is 5.09. The van der Waals surface area contributed by atoms with E-state index >= 15 is 0 Å². The Morgan fingerprint density at radius 1 is 1.24 bits per heavy atom. The number of amides is 2. The number of anilines is 1. The van der Waals surface area contributed by atoms with Crippen molar-refractivity contribution in [2.45, 2.75) is 39.5 Å². The number of H-pyrrole nitrogens is 1. The van der Waals surface area contributed by atoms with E-state index in [1.807, 2.05) is 19.9 Å². The second-order valence-corrected chi connectivity index (χ2v) is 9.11. The largest absolute Gasteiger partial charge is 0.507 e. The molecule has 0 aliphatic heterocycles. The maximum Gasteiger partial charge on any atom is 0.274 e. The van der Waals surface area contributed by atoms with Crippen LogP contribution in [0, 0.1) is 6.92 Å². The van der Waals surface area contributed by atoms with Crippen molar-refractivity contribution in [1.29, 1.82) is 0 Å². The Balaban J connectivity index is 1.49. The number of benzene rings is 1. The fourth-order valence-electron chi connectivity index (χ4n) is 3.95. The summed E-state index contributed by atoms with van der Waals surface area (Å²) in [5, 5.41) is 23.5. The SMILES string of the molecule is CCOCCCNC(=O)c1c(NC(=O)c2cc(-c3ccc(C)cc3O)n[nH]2)sc2c1CCC2. The predicted molar refractivity (Wildman–Crippen MR) is 128 cm³/mol. The molecule has 0 saturated carbocycles. The van der Waals surface area contributed by atoms with Gasteiger partial charge in [-0.3, -0.25) is 14.7 Å². The summed E-state index contributed by atoms with van der Waals surface area (Å²) in [5.41, 5.74) is 3.79. The number of ether oxygens (including phenoxy) is 1. The zero-order valence-electron chi connectivity index (χ0n) is 18.8. The first-order valence-corrected chi connectivity index (χ1v) is 12.0. The number of phenolic OH excluding ortho intramolecular Hbond substituents is 1. The smallest absolute Gasteiger partial charge is 0.274 e. The van der Waals surface area contributed by atoms with Crippen LogP contribution in [0.15, 0.2) is 24.3 Å². The summed E-state index contributed by atoms with van der Waals surface area (Å²) in [6.07, 6.45) is 3.51. The van der Waals surface area contributed by atoms with Crippen LogP contribution in [0.2, 0.25) is 0 Å². The van der Waals surface area contributed by atoms with Crippen LogP contribution in [0.25, 0.3) is 11.3 Å². The summed E-state index contributed by atoms with van der Waals surface area (Å²) in [7, 11) is 0. The molecular weight excluding hydrogens is 440 g/mol. The van der Waals surface area contributed by atoms with Gasteiger partial charge in [0.05, 0.1) is 11.3 Å². The van der Waals surface area contributed by atoms with Gasteiger partial charge in [-0.15, -0.1) is 11.3 Å². The number of nitrogens with one attached hydrogen (secondary N) is 3. The number of hydrogen-bond donors (Lipinski definition) is 4. The summed E-state index contributed by atoms with van der Waals surface area (Å²) in [6.45, 7) is 5.59. The Kier molecular flexibility index (Phi) is 7.10. The van der Waals surface area contributed by atoms with Crippen LogP contribution in [0.1, 0.15) is 56.6 Å². The number of nitrogens with zero attached hydrogens (tertiary/aromatic N) is 1. The Labute approximate surface area is 196 Å². The normalized spacial score (nSPS) is 12.5. The molecule has 0 radical (unpaired) electrons. The van der Waals surface area contributed by atoms with Crippen molar-refractivity contribution in [3.8, 4) is 17.0 Å². The molecule has 0 saturated heterocycles. The molecule has 4 N–H and O–H groups in total. The minimum Gasteiger partial charge on any atom is -0.507 e. The number of hydrogen-bond acceptors (Lipinski definition) is 6. The number of phenols is 1. The van der Waals surface area contributed by atoms with Gasteiger partial charge in [0.25, 0.3) is 11.8 Å². The number of aromatic hydroxyl groups is 1. The first-order valence-electron chi connectivity index (χ1n) is 11.1. The van der Waals surface area contributed by atoms with Crippen molar-refractivity contribution >= 4 is 28.2 Å². The van der Waals surface area contributed by atoms with E-state index in [1.165, 1.54) is 11.3 Å². The van der Waals surface area contributed by atoms with E-state index in [0.29, 0.717) is 41.6 Å². The van der Waals surface area contributed by atoms with E-state index in [-0.39, 0.29) is 23.3 Å². The van der Waals surface area contributed by atoms with Crippen LogP contribution < -0.4 is 10.6 Å². The molecule has 3 aromatic rings. The van der Waals surface area contributed by atoms with Crippen LogP contribution in [0.3, 0.4) is 0 Å². The van der Waals surface area contributed by atoms with Crippen molar-refractivity contribution in [3.05, 3.63) is 51.5 Å². The predicted octanol–water partition coefficient (Wildman–Crippen LogP) is 4.05. The number of aromatic nitrogens is 2. The van der Waals surface area contributed by atoms with Gasteiger partial charge in [0.15, 0.2) is 0 Å². The molecule has 8 nitrogen and oxygen atoms in total. The molecule has 0 spiro atoms. The van der Waals surface area contributed by atoms with Gasteiger partial charge in [-0.2, -0.15) is 5.10 Å². The van der Waals surface area contributed by atoms with Crippen molar-refractivity contribution in [2.75, 3.05) is 25.1 Å². The lowest BCUT2D eigenvalue weighted by molar-refractivity contribution is 0.0944. The monoisotopic (exact) mass is 468 g/mol. The third-order valence-electron chi connectivity index (χ3n) is 5.58. The fourth-order valence-corrected chi connectivity index (χ4v) is 5.23. The molecule has 9 heteroatoms. The molecule has 2 amide bonds. The molecule has 1 aliphatic carbocycles. The highest BCUT2D eigenvalue weighted by molar-refractivity contribution is 7.17. The van der Waals surface area contributed by atoms with Gasteiger partial charge in [0, 0.05) is 30.2 Å². The number of fused-ring (bicyclic) bond motifs is 1. The van der Waals surface area contributed by atoms with E-state index in [2.05, 4.69) is 20.8 Å². The Hall–Kier alpha value is -3.17. The molecular formula is C24H28N4O4S. The van der Waals surface area contributed by atoms with Crippen molar-refractivity contribution < 1.29 is 19.4 Å². The van der Waals surface area contributed by atoms with Gasteiger partial charge in [0.2, 0.25) is 0 Å². The van der Waals surface area contributed by atoms with E-state index < -0.39 is 0 Å². The first kappa shape index (κ1) is 23.0. The van der Waals surface area contributed by atoms with Gasteiger partial charge < -0.3 is 20.5 Å². The molecule has 33 heavy (non-hydrogen) atoms. The number of carbonyl (C=O) groups is 2. The molecule has 1 aliphatic rings. The van der Waals surface area contributed by atoms with Gasteiger partial charge >= 0.3 is 0 Å². The summed E-state index contributed by atoms with van der Waals surface area (Å²) < 4.78 is 5.32. The summed E-state index contributed by atoms with van der Waals surface area (Å²) >= 11 is 1.46. The third-order valence-corrected chi connectivity index (χ3v) is 6.79. The van der Waals surface area contributed by atoms with Crippen molar-refractivity contribution in [1.82, 2.24) is 15.5 Å². The van der Waals surface area contributed by atoms with Gasteiger partial charge in [-0.25, -0.2) is 0 Å². The van der Waals surface area contributed by atoms with Gasteiger partial charge in [-0.1, -0.05) is 6.07 Å². The average molecular weight is 469 g/mol. The highest BCUT2D eigenvalue weighted by Gasteiger charge is 2.28. The summed E-state index contributed by atoms with van der Waals surface area (Å²) in [6, 6.07) is 6.88. The van der Waals surface area contributed by atoms with Crippen LogP contribution in [0.4, 0.5) is 5.00 Å². The van der Waals surface area contributed by atoms with Crippen LogP contribution in [-0.4, -0.2) is 46.9 Å². The molecule has 174 valence electrons. The molecule has 4 rings (SSSR count). The molecule has 2 aromatic heterocycles. The molecule has 0 fully saturated rings. The first-order chi connectivity index (χ1) is 16.0. The number of aryl methyl sites for hydroxylation is 2. The van der Waals surface area contributed by atoms with E-state index in [0.717, 1.165) is 41.7 Å². The second-order valence-electron chi connectivity index (χ2n) is 8.01. The van der Waals surface area contributed by atoms with E-state index in [1.54, 1.807) is 18.2 Å². The topological polar surface area (TPSA) is 116 Å². The highest BCUT2D eigenvalue weighted by Crippen LogP contribution is 2.39. The highest BCUT2D eigenvalue weighted by atomic mass is 32.1. The Morgan fingerprint density at radius 2 is 2.09 bits per heavy atom. The molecule has 1 aromatic carbocycles. The zero-order chi connectivity index (χ0) is 23.4. The Bertz CT molecular complexity index is 1170. The average Bonchev–Trinajstić information content (AvgIpc) is 3.49. The van der Waals surface area contributed by atoms with Gasteiger partial charge in [0.1, 0.15) is 16.4 Å². The standard InChI is InChI=1S/C24H28N4O4S/c1-3-32-11-5-10-25-23(31)21-16-6-4-7-20(16)33-24(21)26-22(30)18-13-17(27-28-18)15-9-8-14(2)12-19(15)29/h8-9,12-13,29H,3-7,10-11H2,1-2H3,(H,25,31)(H,26,30)(H,27,28). The second kappa shape index (κ2) is 10.2. The minimum atomic E-state index is -0.384. The lowest BCUT2D eigenvalue weighted by Crippen LogP contribution is -2.27. The Morgan fingerprint density at radius 3 is 2.88 bits per heavy atom. The maximum absolute atomic E-state index is 12.9. The van der Waals surface area contributed by atoms with Crippen molar-refractivity contribution in [3.63, 3.8) is 0 Å². The maximum atomic E-state index is 12.9. The quantitative estimate of drug-likeness (QED) is 0.354. The molecule has 0 atom stereocenters. The van der Waals surface area contributed by atoms with E-state index in [9.17, 15) is 14.7 Å². The molecule has 0 unspecified atom stereocenters. The lowest BCUT2D eigenvalue weighted by atomic mass is 10.1. The minimum absolute atomic E-state index is 0.103. The fraction of sp³-hybridized carbons (Fsp3) is 0.375. The van der Waals surface area contributed by atoms with E-state index in [4.69, 9.17) is 4.74 Å². The lowest BCUT2D eigenvalue weighted by Gasteiger charge is -2.09. The summed E-state index contributed by atoms with van der Waals surface area (Å²) in [5.74, 6) is -0.451. The van der Waals surface area contributed by atoms with Crippen LogP contribution >= 0.6 is 11.3 Å². The number of carbonyl (C=O) groups excluding carboxylic acids is 2.